The molecule has 4 N–H and O–H groups in total. The predicted octanol–water partition coefficient (Wildman–Crippen LogP) is 0.791. The second-order valence-electron chi connectivity index (χ2n) is 3.40. The summed E-state index contributed by atoms with van der Waals surface area (Å²) in [4.78, 5) is 11.0. The van der Waals surface area contributed by atoms with Crippen molar-refractivity contribution in [2.24, 2.45) is 17.4 Å². The van der Waals surface area contributed by atoms with Gasteiger partial charge < -0.3 is 11.5 Å². The highest BCUT2D eigenvalue weighted by molar-refractivity contribution is 5.93. The van der Waals surface area contributed by atoms with Crippen LogP contribution in [0.15, 0.2) is 11.1 Å². The predicted molar refractivity (Wildman–Crippen MR) is 50.4 cm³/mol. The largest absolute Gasteiger partial charge is 0.366 e. The maximum Gasteiger partial charge on any atom is 0.244 e. The molecule has 0 saturated heterocycles. The standard InChI is InChI=1S/C9H18N2O/c1-5(2)8(9(11)12)6(3)7(4)10/h5,7H,10H2,1-4H3,(H2,11,12)/b8-6-. The van der Waals surface area contributed by atoms with Crippen molar-refractivity contribution in [3.05, 3.63) is 11.1 Å². The minimum absolute atomic E-state index is 0.102. The van der Waals surface area contributed by atoms with E-state index in [-0.39, 0.29) is 17.9 Å². The molecule has 0 aromatic rings. The highest BCUT2D eigenvalue weighted by Crippen LogP contribution is 2.15. The van der Waals surface area contributed by atoms with Crippen molar-refractivity contribution in [3.8, 4) is 0 Å². The lowest BCUT2D eigenvalue weighted by Gasteiger charge is -2.14. The molecule has 0 aromatic heterocycles. The van der Waals surface area contributed by atoms with E-state index in [1.54, 1.807) is 0 Å². The Bertz CT molecular complexity index is 205. The Kier molecular flexibility index (Phi) is 3.96. The first-order valence-electron chi connectivity index (χ1n) is 4.14. The first-order valence-corrected chi connectivity index (χ1v) is 4.14. The van der Waals surface area contributed by atoms with E-state index in [1.165, 1.54) is 0 Å². The molecule has 1 atom stereocenters. The summed E-state index contributed by atoms with van der Waals surface area (Å²) in [6.07, 6.45) is 0. The number of rotatable bonds is 3. The summed E-state index contributed by atoms with van der Waals surface area (Å²) in [6.45, 7) is 7.57. The zero-order valence-electron chi connectivity index (χ0n) is 8.22. The molecule has 0 aliphatic rings. The van der Waals surface area contributed by atoms with Gasteiger partial charge in [-0.2, -0.15) is 0 Å². The minimum atomic E-state index is -0.361. The smallest absolute Gasteiger partial charge is 0.244 e. The quantitative estimate of drug-likeness (QED) is 0.615. The van der Waals surface area contributed by atoms with Gasteiger partial charge in [0, 0.05) is 11.6 Å². The number of carbonyl (C=O) groups excluding carboxylic acids is 1. The summed E-state index contributed by atoms with van der Waals surface area (Å²) in [5, 5.41) is 0. The van der Waals surface area contributed by atoms with E-state index in [1.807, 2.05) is 27.7 Å². The van der Waals surface area contributed by atoms with Gasteiger partial charge in [-0.05, 0) is 25.3 Å². The van der Waals surface area contributed by atoms with Gasteiger partial charge in [-0.15, -0.1) is 0 Å². The Labute approximate surface area is 73.8 Å². The van der Waals surface area contributed by atoms with Crippen LogP contribution in [-0.4, -0.2) is 11.9 Å². The third-order valence-electron chi connectivity index (χ3n) is 1.95. The van der Waals surface area contributed by atoms with Gasteiger partial charge in [0.2, 0.25) is 5.91 Å². The molecule has 0 radical (unpaired) electrons. The summed E-state index contributed by atoms with van der Waals surface area (Å²) < 4.78 is 0. The van der Waals surface area contributed by atoms with Gasteiger partial charge in [0.15, 0.2) is 0 Å². The van der Waals surface area contributed by atoms with Crippen LogP contribution in [0.1, 0.15) is 27.7 Å². The van der Waals surface area contributed by atoms with Crippen LogP contribution in [0, 0.1) is 5.92 Å². The minimum Gasteiger partial charge on any atom is -0.366 e. The van der Waals surface area contributed by atoms with Crippen LogP contribution < -0.4 is 11.5 Å². The monoisotopic (exact) mass is 170 g/mol. The fourth-order valence-electron chi connectivity index (χ4n) is 1.18. The molecular weight excluding hydrogens is 152 g/mol. The fraction of sp³-hybridized carbons (Fsp3) is 0.667. The summed E-state index contributed by atoms with van der Waals surface area (Å²) in [5.41, 5.74) is 12.4. The van der Waals surface area contributed by atoms with Crippen LogP contribution in [0.2, 0.25) is 0 Å². The molecular formula is C9H18N2O. The van der Waals surface area contributed by atoms with E-state index in [0.29, 0.717) is 5.57 Å². The SMILES string of the molecule is C/C(=C(/C(N)=O)C(C)C)C(C)N. The first-order chi connectivity index (χ1) is 5.37. The van der Waals surface area contributed by atoms with Crippen LogP contribution in [0.3, 0.4) is 0 Å². The van der Waals surface area contributed by atoms with E-state index < -0.39 is 0 Å². The lowest BCUT2D eigenvalue weighted by molar-refractivity contribution is -0.115. The first kappa shape index (κ1) is 11.2. The number of carbonyl (C=O) groups is 1. The number of hydrogen-bond acceptors (Lipinski definition) is 2. The Balaban J connectivity index is 4.94. The molecule has 0 aliphatic carbocycles. The van der Waals surface area contributed by atoms with Crippen LogP contribution in [0.4, 0.5) is 0 Å². The summed E-state index contributed by atoms with van der Waals surface area (Å²) in [6, 6.07) is -0.102. The van der Waals surface area contributed by atoms with Gasteiger partial charge in [-0.3, -0.25) is 4.79 Å². The summed E-state index contributed by atoms with van der Waals surface area (Å²) in [7, 11) is 0. The molecule has 1 amide bonds. The number of hydrogen-bond donors (Lipinski definition) is 2. The van der Waals surface area contributed by atoms with Crippen molar-refractivity contribution in [1.29, 1.82) is 0 Å². The number of primary amides is 1. The van der Waals surface area contributed by atoms with Crippen molar-refractivity contribution >= 4 is 5.91 Å². The zero-order valence-corrected chi connectivity index (χ0v) is 8.22. The number of amides is 1. The van der Waals surface area contributed by atoms with Crippen LogP contribution in [-0.2, 0) is 4.79 Å². The highest BCUT2D eigenvalue weighted by atomic mass is 16.1. The van der Waals surface area contributed by atoms with Gasteiger partial charge in [-0.25, -0.2) is 0 Å². The number of nitrogens with two attached hydrogens (primary N) is 2. The molecule has 3 heteroatoms. The van der Waals surface area contributed by atoms with Crippen LogP contribution in [0.5, 0.6) is 0 Å². The van der Waals surface area contributed by atoms with Crippen LogP contribution >= 0.6 is 0 Å². The van der Waals surface area contributed by atoms with E-state index in [0.717, 1.165) is 5.57 Å². The van der Waals surface area contributed by atoms with Crippen molar-refractivity contribution in [2.45, 2.75) is 33.7 Å². The van der Waals surface area contributed by atoms with Gasteiger partial charge in [0.1, 0.15) is 0 Å². The molecule has 0 heterocycles. The summed E-state index contributed by atoms with van der Waals surface area (Å²) >= 11 is 0. The molecule has 0 aromatic carbocycles. The lowest BCUT2D eigenvalue weighted by atomic mass is 9.94. The zero-order chi connectivity index (χ0) is 9.89. The Morgan fingerprint density at radius 1 is 1.25 bits per heavy atom. The molecule has 0 aliphatic heterocycles. The van der Waals surface area contributed by atoms with Gasteiger partial charge in [-0.1, -0.05) is 13.8 Å². The molecule has 0 bridgehead atoms. The molecule has 0 rings (SSSR count). The Morgan fingerprint density at radius 2 is 1.67 bits per heavy atom. The van der Waals surface area contributed by atoms with Crippen molar-refractivity contribution < 1.29 is 4.79 Å². The second-order valence-corrected chi connectivity index (χ2v) is 3.40. The van der Waals surface area contributed by atoms with E-state index >= 15 is 0 Å². The normalized spacial score (nSPS) is 15.8. The summed E-state index contributed by atoms with van der Waals surface area (Å²) in [5.74, 6) is -0.215. The highest BCUT2D eigenvalue weighted by Gasteiger charge is 2.14. The van der Waals surface area contributed by atoms with Crippen molar-refractivity contribution in [3.63, 3.8) is 0 Å². The van der Waals surface area contributed by atoms with Crippen molar-refractivity contribution in [1.82, 2.24) is 0 Å². The maximum absolute atomic E-state index is 11.0. The van der Waals surface area contributed by atoms with Crippen LogP contribution in [0.25, 0.3) is 0 Å². The van der Waals surface area contributed by atoms with E-state index in [2.05, 4.69) is 0 Å². The average molecular weight is 170 g/mol. The van der Waals surface area contributed by atoms with Gasteiger partial charge >= 0.3 is 0 Å². The Morgan fingerprint density at radius 3 is 1.75 bits per heavy atom. The van der Waals surface area contributed by atoms with Gasteiger partial charge in [0.25, 0.3) is 0 Å². The average Bonchev–Trinajstić information content (AvgIpc) is 1.85. The second kappa shape index (κ2) is 4.26. The van der Waals surface area contributed by atoms with Crippen molar-refractivity contribution in [2.75, 3.05) is 0 Å². The van der Waals surface area contributed by atoms with E-state index in [4.69, 9.17) is 11.5 Å². The fourth-order valence-corrected chi connectivity index (χ4v) is 1.18. The lowest BCUT2D eigenvalue weighted by Crippen LogP contribution is -2.26. The molecule has 70 valence electrons. The third-order valence-corrected chi connectivity index (χ3v) is 1.95. The van der Waals surface area contributed by atoms with E-state index in [9.17, 15) is 4.79 Å². The molecule has 0 saturated carbocycles. The van der Waals surface area contributed by atoms with Gasteiger partial charge in [0.05, 0.1) is 0 Å². The molecule has 3 nitrogen and oxygen atoms in total. The Hall–Kier alpha value is -0.830. The maximum atomic E-state index is 11.0. The molecule has 12 heavy (non-hydrogen) atoms. The molecule has 0 fully saturated rings. The topological polar surface area (TPSA) is 69.1 Å². The molecule has 0 spiro atoms. The molecule has 1 unspecified atom stereocenters. The third kappa shape index (κ3) is 2.66.